The summed E-state index contributed by atoms with van der Waals surface area (Å²) in [5.74, 6) is -0.407. The van der Waals surface area contributed by atoms with Crippen LogP contribution in [0.3, 0.4) is 0 Å². The molecule has 3 rings (SSSR count). The van der Waals surface area contributed by atoms with Crippen molar-refractivity contribution in [2.45, 2.75) is 0 Å². The van der Waals surface area contributed by atoms with Crippen LogP contribution in [-0.4, -0.2) is 5.78 Å². The number of hydrogen-bond acceptors (Lipinski definition) is 1. The van der Waals surface area contributed by atoms with Crippen LogP contribution in [0.15, 0.2) is 60.7 Å². The van der Waals surface area contributed by atoms with Crippen molar-refractivity contribution >= 4 is 39.1 Å². The minimum absolute atomic E-state index is 0.0776. The molecule has 0 saturated carbocycles. The lowest BCUT2D eigenvalue weighted by Gasteiger charge is -2.07. The second kappa shape index (κ2) is 5.32. The van der Waals surface area contributed by atoms with Crippen LogP contribution < -0.4 is 0 Å². The Hall–Kier alpha value is -1.75. The third-order valence-corrected chi connectivity index (χ3v) is 4.10. The molecular formula is C17H10FIO. The molecule has 98 valence electrons. The summed E-state index contributed by atoms with van der Waals surface area (Å²) < 4.78 is 13.8. The molecule has 0 spiro atoms. The summed E-state index contributed by atoms with van der Waals surface area (Å²) in [6.07, 6.45) is 0. The van der Waals surface area contributed by atoms with Crippen molar-refractivity contribution in [1.29, 1.82) is 0 Å². The van der Waals surface area contributed by atoms with Crippen molar-refractivity contribution in [3.8, 4) is 0 Å². The molecular weight excluding hydrogens is 366 g/mol. The molecule has 0 atom stereocenters. The summed E-state index contributed by atoms with van der Waals surface area (Å²) in [5, 5.41) is 1.94. The summed E-state index contributed by atoms with van der Waals surface area (Å²) in [6.45, 7) is 0. The number of halogens is 2. The Balaban J connectivity index is 2.18. The summed E-state index contributed by atoms with van der Waals surface area (Å²) in [7, 11) is 0. The van der Waals surface area contributed by atoms with Crippen LogP contribution >= 0.6 is 22.6 Å². The minimum Gasteiger partial charge on any atom is -0.289 e. The molecule has 0 radical (unpaired) electrons. The van der Waals surface area contributed by atoms with Gasteiger partial charge in [-0.3, -0.25) is 4.79 Å². The smallest absolute Gasteiger partial charge is 0.194 e. The predicted octanol–water partition coefficient (Wildman–Crippen LogP) is 4.81. The highest BCUT2D eigenvalue weighted by molar-refractivity contribution is 14.1. The zero-order chi connectivity index (χ0) is 14.1. The average Bonchev–Trinajstić information content (AvgIpc) is 2.46. The van der Waals surface area contributed by atoms with Crippen molar-refractivity contribution in [1.82, 2.24) is 0 Å². The van der Waals surface area contributed by atoms with E-state index in [1.165, 1.54) is 12.1 Å². The van der Waals surface area contributed by atoms with E-state index in [1.54, 1.807) is 6.07 Å². The molecule has 0 unspecified atom stereocenters. The zero-order valence-electron chi connectivity index (χ0n) is 10.4. The fraction of sp³-hybridized carbons (Fsp3) is 0. The number of rotatable bonds is 2. The minimum atomic E-state index is -0.330. The Kier molecular flexibility index (Phi) is 3.53. The van der Waals surface area contributed by atoms with Crippen molar-refractivity contribution in [3.63, 3.8) is 0 Å². The van der Waals surface area contributed by atoms with Gasteiger partial charge in [-0.05, 0) is 51.6 Å². The molecule has 0 aliphatic carbocycles. The van der Waals surface area contributed by atoms with E-state index in [1.807, 2.05) is 65.1 Å². The lowest BCUT2D eigenvalue weighted by Crippen LogP contribution is -2.04. The van der Waals surface area contributed by atoms with E-state index in [0.29, 0.717) is 14.7 Å². The van der Waals surface area contributed by atoms with Gasteiger partial charge in [0.05, 0.1) is 0 Å². The van der Waals surface area contributed by atoms with Gasteiger partial charge in [-0.15, -0.1) is 0 Å². The van der Waals surface area contributed by atoms with Crippen molar-refractivity contribution in [2.75, 3.05) is 0 Å². The van der Waals surface area contributed by atoms with E-state index >= 15 is 0 Å². The Morgan fingerprint density at radius 1 is 0.900 bits per heavy atom. The molecule has 0 amide bonds. The Morgan fingerprint density at radius 2 is 1.65 bits per heavy atom. The van der Waals surface area contributed by atoms with Gasteiger partial charge in [-0.2, -0.15) is 0 Å². The van der Waals surface area contributed by atoms with E-state index in [9.17, 15) is 9.18 Å². The van der Waals surface area contributed by atoms with Gasteiger partial charge in [0, 0.05) is 14.7 Å². The number of hydrogen-bond donors (Lipinski definition) is 0. The van der Waals surface area contributed by atoms with Crippen LogP contribution in [0.5, 0.6) is 0 Å². The fourth-order valence-corrected chi connectivity index (χ4v) is 2.96. The number of ketones is 1. The molecule has 3 aromatic rings. The van der Waals surface area contributed by atoms with Crippen LogP contribution in [0.4, 0.5) is 4.39 Å². The highest BCUT2D eigenvalue weighted by Crippen LogP contribution is 2.24. The Bertz CT molecular complexity index is 806. The van der Waals surface area contributed by atoms with Gasteiger partial charge in [-0.1, -0.05) is 42.5 Å². The van der Waals surface area contributed by atoms with Crippen LogP contribution in [-0.2, 0) is 0 Å². The maximum Gasteiger partial charge on any atom is 0.194 e. The second-order valence-corrected chi connectivity index (χ2v) is 5.64. The van der Waals surface area contributed by atoms with Crippen molar-refractivity contribution in [3.05, 3.63) is 81.2 Å². The van der Waals surface area contributed by atoms with E-state index in [2.05, 4.69) is 0 Å². The molecule has 3 heteroatoms. The second-order valence-electron chi connectivity index (χ2n) is 4.48. The quantitative estimate of drug-likeness (QED) is 0.463. The van der Waals surface area contributed by atoms with Crippen LogP contribution in [0.1, 0.15) is 15.9 Å². The third-order valence-electron chi connectivity index (χ3n) is 3.21. The first-order valence-corrected chi connectivity index (χ1v) is 7.22. The summed E-state index contributed by atoms with van der Waals surface area (Å²) >= 11 is 1.99. The molecule has 0 aromatic heterocycles. The van der Waals surface area contributed by atoms with E-state index in [0.717, 1.165) is 10.8 Å². The maximum absolute atomic E-state index is 13.2. The summed E-state index contributed by atoms with van der Waals surface area (Å²) in [4.78, 5) is 12.7. The molecule has 0 aliphatic heterocycles. The highest BCUT2D eigenvalue weighted by atomic mass is 127. The van der Waals surface area contributed by atoms with Crippen molar-refractivity contribution < 1.29 is 9.18 Å². The molecule has 0 bridgehead atoms. The van der Waals surface area contributed by atoms with Crippen molar-refractivity contribution in [2.24, 2.45) is 0 Å². The molecule has 0 saturated heterocycles. The molecule has 0 aliphatic rings. The van der Waals surface area contributed by atoms with Gasteiger partial charge in [0.25, 0.3) is 0 Å². The average molecular weight is 376 g/mol. The highest BCUT2D eigenvalue weighted by Gasteiger charge is 2.15. The molecule has 3 aromatic carbocycles. The van der Waals surface area contributed by atoms with E-state index in [4.69, 9.17) is 0 Å². The number of fused-ring (bicyclic) bond motifs is 1. The van der Waals surface area contributed by atoms with Gasteiger partial charge >= 0.3 is 0 Å². The molecule has 20 heavy (non-hydrogen) atoms. The van der Waals surface area contributed by atoms with Gasteiger partial charge in [0.15, 0.2) is 5.78 Å². The zero-order valence-corrected chi connectivity index (χ0v) is 12.6. The molecule has 1 nitrogen and oxygen atoms in total. The number of benzene rings is 3. The topological polar surface area (TPSA) is 17.1 Å². The van der Waals surface area contributed by atoms with Crippen LogP contribution in [0.25, 0.3) is 10.8 Å². The molecule has 0 N–H and O–H groups in total. The standard InChI is InChI=1S/C17H10FIO/c18-12-8-9-15(16(19)10-12)17(20)14-7-3-5-11-4-1-2-6-13(11)14/h1-10H. The van der Waals surface area contributed by atoms with Crippen LogP contribution in [0, 0.1) is 9.39 Å². The normalized spacial score (nSPS) is 10.7. The Labute approximate surface area is 129 Å². The monoisotopic (exact) mass is 376 g/mol. The first-order valence-electron chi connectivity index (χ1n) is 6.14. The van der Waals surface area contributed by atoms with E-state index < -0.39 is 0 Å². The number of carbonyl (C=O) groups excluding carboxylic acids is 1. The maximum atomic E-state index is 13.2. The SMILES string of the molecule is O=C(c1ccc(F)cc1I)c1cccc2ccccc12. The molecule has 0 heterocycles. The summed E-state index contributed by atoms with van der Waals surface area (Å²) in [6, 6.07) is 17.6. The number of carbonyl (C=O) groups is 1. The predicted molar refractivity (Wildman–Crippen MR) is 86.5 cm³/mol. The first-order chi connectivity index (χ1) is 9.66. The Morgan fingerprint density at radius 3 is 2.45 bits per heavy atom. The molecule has 0 fully saturated rings. The first kappa shape index (κ1) is 13.2. The third kappa shape index (κ3) is 2.33. The van der Waals surface area contributed by atoms with Gasteiger partial charge in [0.1, 0.15) is 5.82 Å². The van der Waals surface area contributed by atoms with Gasteiger partial charge in [-0.25, -0.2) is 4.39 Å². The van der Waals surface area contributed by atoms with E-state index in [-0.39, 0.29) is 11.6 Å². The summed E-state index contributed by atoms with van der Waals surface area (Å²) in [5.41, 5.74) is 1.18. The van der Waals surface area contributed by atoms with Gasteiger partial charge < -0.3 is 0 Å². The lowest BCUT2D eigenvalue weighted by molar-refractivity contribution is 0.103. The lowest BCUT2D eigenvalue weighted by atomic mass is 9.97. The largest absolute Gasteiger partial charge is 0.289 e. The van der Waals surface area contributed by atoms with Gasteiger partial charge in [0.2, 0.25) is 0 Å². The fourth-order valence-electron chi connectivity index (χ4n) is 2.24. The van der Waals surface area contributed by atoms with Crippen LogP contribution in [0.2, 0.25) is 0 Å².